The van der Waals surface area contributed by atoms with E-state index in [0.29, 0.717) is 18.6 Å². The number of amides is 1. The van der Waals surface area contributed by atoms with Crippen LogP contribution in [0.1, 0.15) is 44.1 Å². The molecular formula is C28H34N2O5. The summed E-state index contributed by atoms with van der Waals surface area (Å²) < 4.78 is 11.7. The summed E-state index contributed by atoms with van der Waals surface area (Å²) in [7, 11) is 1.84. The summed E-state index contributed by atoms with van der Waals surface area (Å²) in [6.07, 6.45) is 15.8. The van der Waals surface area contributed by atoms with Crippen LogP contribution in [-0.2, 0) is 9.53 Å². The number of aliphatic hydroxyl groups is 2. The number of nitrogens with zero attached hydrogens (tertiary/aromatic N) is 2. The molecule has 1 amide bonds. The number of allylic oxidation sites excluding steroid dienone is 3. The number of aliphatic hydroxyl groups excluding tert-OH is 1. The molecule has 3 heterocycles. The maximum absolute atomic E-state index is 13.2. The third kappa shape index (κ3) is 2.94. The zero-order valence-electron chi connectivity index (χ0n) is 20.2. The van der Waals surface area contributed by atoms with E-state index in [1.54, 1.807) is 35.7 Å². The Kier molecular flexibility index (Phi) is 4.66. The van der Waals surface area contributed by atoms with Gasteiger partial charge in [-0.2, -0.15) is 0 Å². The first kappa shape index (κ1) is 21.7. The third-order valence-electron chi connectivity index (χ3n) is 10.1. The second-order valence-corrected chi connectivity index (χ2v) is 11.6. The van der Waals surface area contributed by atoms with E-state index in [1.165, 1.54) is 12.8 Å². The first-order valence-corrected chi connectivity index (χ1v) is 13.1. The number of carbonyl (C=O) groups excluding carboxylic acids is 1. The lowest BCUT2D eigenvalue weighted by Gasteiger charge is -2.67. The number of likely N-dealkylation sites (N-methyl/N-ethyl adjacent to an activating group) is 1. The van der Waals surface area contributed by atoms with Gasteiger partial charge in [-0.3, -0.25) is 9.69 Å². The van der Waals surface area contributed by atoms with Crippen molar-refractivity contribution in [2.75, 3.05) is 20.1 Å². The van der Waals surface area contributed by atoms with Crippen molar-refractivity contribution < 1.29 is 24.2 Å². The van der Waals surface area contributed by atoms with E-state index in [2.05, 4.69) is 11.0 Å². The molecule has 2 saturated heterocycles. The largest absolute Gasteiger partial charge is 0.504 e. The van der Waals surface area contributed by atoms with Gasteiger partial charge in [-0.1, -0.05) is 6.08 Å². The molecule has 1 spiro atoms. The van der Waals surface area contributed by atoms with Crippen LogP contribution < -0.4 is 0 Å². The molecular weight excluding hydrogens is 444 g/mol. The van der Waals surface area contributed by atoms with Crippen molar-refractivity contribution in [3.63, 3.8) is 0 Å². The molecule has 5 fully saturated rings. The number of hydrogen-bond donors (Lipinski definition) is 2. The molecule has 7 atom stereocenters. The second-order valence-electron chi connectivity index (χ2n) is 11.6. The van der Waals surface area contributed by atoms with Crippen LogP contribution in [0.15, 0.2) is 52.8 Å². The van der Waals surface area contributed by atoms with Gasteiger partial charge in [0.25, 0.3) is 0 Å². The highest BCUT2D eigenvalue weighted by atomic mass is 16.5. The molecule has 7 heteroatoms. The fraction of sp³-hybridized carbons (Fsp3) is 0.607. The number of furan rings is 1. The Bertz CT molecular complexity index is 1120. The van der Waals surface area contributed by atoms with Gasteiger partial charge in [0.1, 0.15) is 11.9 Å². The first-order chi connectivity index (χ1) is 16.9. The lowest BCUT2D eigenvalue weighted by atomic mass is 9.43. The minimum atomic E-state index is -0.883. The van der Waals surface area contributed by atoms with Crippen LogP contribution >= 0.6 is 0 Å². The molecule has 0 radical (unpaired) electrons. The van der Waals surface area contributed by atoms with Crippen LogP contribution in [0.2, 0.25) is 0 Å². The molecule has 35 heavy (non-hydrogen) atoms. The van der Waals surface area contributed by atoms with E-state index in [4.69, 9.17) is 9.15 Å². The topological polar surface area (TPSA) is 86.4 Å². The van der Waals surface area contributed by atoms with Crippen LogP contribution in [0.5, 0.6) is 0 Å². The molecule has 1 aromatic rings. The lowest BCUT2D eigenvalue weighted by molar-refractivity contribution is -0.260. The molecule has 7 rings (SSSR count). The van der Waals surface area contributed by atoms with E-state index in [0.717, 1.165) is 37.4 Å². The molecule has 6 aliphatic rings. The van der Waals surface area contributed by atoms with E-state index in [9.17, 15) is 15.0 Å². The molecule has 2 aliphatic heterocycles. The monoisotopic (exact) mass is 478 g/mol. The molecule has 5 unspecified atom stereocenters. The SMILES string of the molecule is CN(C(=O)/C=C/c1ccoc1)C1CC[C@@]2(O)[C@H]3CC4C=CC(O)=C5OC1C2(CCN3CC1CC1)C54. The third-order valence-corrected chi connectivity index (χ3v) is 10.1. The lowest BCUT2D eigenvalue weighted by Crippen LogP contribution is -2.78. The summed E-state index contributed by atoms with van der Waals surface area (Å²) in [6.45, 7) is 2.01. The van der Waals surface area contributed by atoms with Gasteiger partial charge in [0.2, 0.25) is 5.91 Å². The van der Waals surface area contributed by atoms with Crippen molar-refractivity contribution in [1.82, 2.24) is 9.80 Å². The first-order valence-electron chi connectivity index (χ1n) is 13.1. The normalized spacial score (nSPS) is 41.7. The summed E-state index contributed by atoms with van der Waals surface area (Å²) >= 11 is 0. The van der Waals surface area contributed by atoms with Crippen LogP contribution in [0.3, 0.4) is 0 Å². The Morgan fingerprint density at radius 1 is 1.31 bits per heavy atom. The number of piperidine rings is 1. The van der Waals surface area contributed by atoms with Gasteiger partial charge in [-0.15, -0.1) is 0 Å². The molecule has 1 aromatic heterocycles. The van der Waals surface area contributed by atoms with Crippen molar-refractivity contribution >= 4 is 12.0 Å². The summed E-state index contributed by atoms with van der Waals surface area (Å²) in [5.74, 6) is 1.70. The second kappa shape index (κ2) is 7.50. The van der Waals surface area contributed by atoms with Crippen LogP contribution in [0.4, 0.5) is 0 Å². The zero-order chi connectivity index (χ0) is 23.9. The van der Waals surface area contributed by atoms with Gasteiger partial charge in [0.15, 0.2) is 5.76 Å². The predicted molar refractivity (Wildman–Crippen MR) is 129 cm³/mol. The summed E-state index contributed by atoms with van der Waals surface area (Å²) in [6, 6.07) is 1.74. The Balaban J connectivity index is 1.25. The van der Waals surface area contributed by atoms with E-state index in [1.807, 2.05) is 13.1 Å². The Morgan fingerprint density at radius 2 is 2.17 bits per heavy atom. The summed E-state index contributed by atoms with van der Waals surface area (Å²) in [5.41, 5.74) is -0.541. The fourth-order valence-corrected chi connectivity index (χ4v) is 8.28. The van der Waals surface area contributed by atoms with E-state index < -0.39 is 11.0 Å². The number of likely N-dealkylation sites (tertiary alicyclic amines) is 1. The highest BCUT2D eigenvalue weighted by Crippen LogP contribution is 2.70. The molecule has 7 nitrogen and oxygen atoms in total. The standard InChI is InChI=1S/C28H34N2O5/c1-29(23(32)7-4-18-9-13-34-16-18)20-8-10-28(33)22-14-19-5-6-21(31)25-24(19)27(28,26(20)35-25)11-12-30(22)15-17-2-3-17/h4-7,9,13,16-17,19-20,22,24,26,31,33H,2-3,8,10-12,14-15H2,1H3/b7-4+/t19?,20?,22-,24?,26?,27?,28-/m1/s1. The quantitative estimate of drug-likeness (QED) is 0.630. The number of ether oxygens (including phenoxy) is 1. The maximum Gasteiger partial charge on any atom is 0.246 e. The van der Waals surface area contributed by atoms with Gasteiger partial charge < -0.3 is 24.3 Å². The van der Waals surface area contributed by atoms with Crippen molar-refractivity contribution in [2.24, 2.45) is 23.2 Å². The molecule has 0 aromatic carbocycles. The van der Waals surface area contributed by atoms with Crippen LogP contribution in [0.25, 0.3) is 6.08 Å². The number of rotatable bonds is 5. The average molecular weight is 479 g/mol. The highest BCUT2D eigenvalue weighted by molar-refractivity contribution is 5.91. The van der Waals surface area contributed by atoms with Crippen LogP contribution in [0, 0.1) is 23.2 Å². The van der Waals surface area contributed by atoms with Crippen molar-refractivity contribution in [1.29, 1.82) is 0 Å². The van der Waals surface area contributed by atoms with Crippen molar-refractivity contribution in [3.8, 4) is 0 Å². The van der Waals surface area contributed by atoms with Gasteiger partial charge >= 0.3 is 0 Å². The average Bonchev–Trinajstić information content (AvgIpc) is 3.36. The summed E-state index contributed by atoms with van der Waals surface area (Å²) in [4.78, 5) is 17.5. The van der Waals surface area contributed by atoms with Crippen molar-refractivity contribution in [2.45, 2.75) is 62.3 Å². The molecule has 2 bridgehead atoms. The minimum Gasteiger partial charge on any atom is -0.504 e. The van der Waals surface area contributed by atoms with Gasteiger partial charge in [-0.05, 0) is 75.1 Å². The number of carbonyl (C=O) groups is 1. The molecule has 4 aliphatic carbocycles. The Labute approximate surface area is 205 Å². The van der Waals surface area contributed by atoms with Crippen LogP contribution in [-0.4, -0.2) is 69.8 Å². The molecule has 186 valence electrons. The van der Waals surface area contributed by atoms with E-state index in [-0.39, 0.29) is 41.7 Å². The Morgan fingerprint density at radius 3 is 2.94 bits per heavy atom. The fourth-order valence-electron chi connectivity index (χ4n) is 8.28. The minimum absolute atomic E-state index is 0.0328. The molecule has 3 saturated carbocycles. The smallest absolute Gasteiger partial charge is 0.246 e. The van der Waals surface area contributed by atoms with Crippen molar-refractivity contribution in [3.05, 3.63) is 53.9 Å². The maximum atomic E-state index is 13.2. The zero-order valence-corrected chi connectivity index (χ0v) is 20.2. The molecule has 2 N–H and O–H groups in total. The predicted octanol–water partition coefficient (Wildman–Crippen LogP) is 3.49. The van der Waals surface area contributed by atoms with Gasteiger partial charge in [0, 0.05) is 37.2 Å². The number of hydrogen-bond acceptors (Lipinski definition) is 6. The van der Waals surface area contributed by atoms with Gasteiger partial charge in [0.05, 0.1) is 29.6 Å². The van der Waals surface area contributed by atoms with E-state index >= 15 is 0 Å². The van der Waals surface area contributed by atoms with Gasteiger partial charge in [-0.25, -0.2) is 0 Å². The summed E-state index contributed by atoms with van der Waals surface area (Å²) in [5, 5.41) is 23.4. The Hall–Kier alpha value is -2.51. The highest BCUT2D eigenvalue weighted by Gasteiger charge is 2.77.